The van der Waals surface area contributed by atoms with Crippen molar-refractivity contribution in [1.82, 2.24) is 19.9 Å². The number of rotatable bonds is 6. The summed E-state index contributed by atoms with van der Waals surface area (Å²) in [6.07, 6.45) is 4.82. The fraction of sp³-hybridized carbons (Fsp3) is 0.0870. The number of pyridine rings is 2. The van der Waals surface area contributed by atoms with E-state index in [2.05, 4.69) is 36.6 Å². The van der Waals surface area contributed by atoms with E-state index >= 15 is 0 Å². The molecule has 2 N–H and O–H groups in total. The Balaban J connectivity index is 1.47. The Morgan fingerprint density at radius 3 is 2.76 bits per heavy atom. The van der Waals surface area contributed by atoms with E-state index in [9.17, 15) is 5.26 Å². The van der Waals surface area contributed by atoms with Crippen LogP contribution < -0.4 is 24.8 Å². The summed E-state index contributed by atoms with van der Waals surface area (Å²) in [5, 5.41) is 15.9. The van der Waals surface area contributed by atoms with E-state index in [1.807, 2.05) is 24.3 Å². The monoisotopic (exact) mass is 439 g/mol. The first kappa shape index (κ1) is 20.0. The zero-order chi connectivity index (χ0) is 22.6. The van der Waals surface area contributed by atoms with Crippen LogP contribution in [0.5, 0.6) is 17.2 Å². The number of fused-ring (bicyclic) bond motifs is 1. The van der Waals surface area contributed by atoms with Gasteiger partial charge in [-0.05, 0) is 24.3 Å². The molecule has 0 saturated carbocycles. The second-order valence-corrected chi connectivity index (χ2v) is 6.84. The predicted octanol–water partition coefficient (Wildman–Crippen LogP) is 4.03. The van der Waals surface area contributed by atoms with Gasteiger partial charge in [-0.1, -0.05) is 6.07 Å². The number of nitrogens with one attached hydrogen (secondary N) is 2. The molecule has 4 heterocycles. The zero-order valence-corrected chi connectivity index (χ0v) is 17.4. The maximum atomic E-state index is 9.57. The minimum atomic E-state index is 0.125. The van der Waals surface area contributed by atoms with Crippen molar-refractivity contribution in [2.24, 2.45) is 0 Å². The molecule has 162 valence electrons. The van der Waals surface area contributed by atoms with Crippen molar-refractivity contribution in [2.75, 3.05) is 24.5 Å². The van der Waals surface area contributed by atoms with Gasteiger partial charge in [-0.15, -0.1) is 0 Å². The molecule has 0 saturated heterocycles. The summed E-state index contributed by atoms with van der Waals surface area (Å²) in [4.78, 5) is 17.6. The summed E-state index contributed by atoms with van der Waals surface area (Å²) >= 11 is 0. The fourth-order valence-electron chi connectivity index (χ4n) is 3.29. The molecule has 10 nitrogen and oxygen atoms in total. The zero-order valence-electron chi connectivity index (χ0n) is 17.4. The van der Waals surface area contributed by atoms with Crippen LogP contribution in [0.25, 0.3) is 11.4 Å². The van der Waals surface area contributed by atoms with Crippen molar-refractivity contribution in [1.29, 1.82) is 5.26 Å². The highest BCUT2D eigenvalue weighted by Crippen LogP contribution is 2.43. The van der Waals surface area contributed by atoms with Gasteiger partial charge in [0, 0.05) is 30.2 Å². The molecule has 0 spiro atoms. The maximum absolute atomic E-state index is 9.57. The standard InChI is InChI=1S/C23H17N7O3/c1-31-18-9-15(10-19-21(18)33-13-32-19)28-23-27-12-14(11-24)22(30-23)29-17-6-4-8-26-20(17)16-5-2-3-7-25-16/h2-10,12H,13H2,1H3,(H2,27,28,29,30). The number of nitrogens with zero attached hydrogens (tertiary/aromatic N) is 5. The van der Waals surface area contributed by atoms with E-state index in [1.165, 1.54) is 6.20 Å². The Morgan fingerprint density at radius 2 is 1.94 bits per heavy atom. The lowest BCUT2D eigenvalue weighted by Crippen LogP contribution is -2.04. The topological polar surface area (TPSA) is 127 Å². The van der Waals surface area contributed by atoms with Crippen molar-refractivity contribution >= 4 is 23.1 Å². The molecule has 1 aliphatic rings. The second kappa shape index (κ2) is 8.68. The van der Waals surface area contributed by atoms with Crippen LogP contribution in [0.1, 0.15) is 5.56 Å². The number of anilines is 4. The SMILES string of the molecule is COc1cc(Nc2ncc(C#N)c(Nc3cccnc3-c3ccccn3)n2)cc2c1OCO2. The van der Waals surface area contributed by atoms with E-state index in [-0.39, 0.29) is 18.3 Å². The minimum absolute atomic E-state index is 0.125. The first-order valence-electron chi connectivity index (χ1n) is 9.90. The summed E-state index contributed by atoms with van der Waals surface area (Å²) < 4.78 is 16.3. The first-order valence-corrected chi connectivity index (χ1v) is 9.90. The number of hydrogen-bond donors (Lipinski definition) is 2. The molecule has 0 amide bonds. The van der Waals surface area contributed by atoms with E-state index in [0.29, 0.717) is 45.8 Å². The van der Waals surface area contributed by atoms with Crippen molar-refractivity contribution < 1.29 is 14.2 Å². The highest BCUT2D eigenvalue weighted by atomic mass is 16.7. The normalized spacial score (nSPS) is 11.5. The van der Waals surface area contributed by atoms with Crippen LogP contribution in [-0.4, -0.2) is 33.8 Å². The third-order valence-corrected chi connectivity index (χ3v) is 4.79. The summed E-state index contributed by atoms with van der Waals surface area (Å²) in [6, 6.07) is 14.8. The van der Waals surface area contributed by atoms with Crippen molar-refractivity contribution in [3.8, 4) is 34.7 Å². The molecule has 10 heteroatoms. The Morgan fingerprint density at radius 1 is 1.03 bits per heavy atom. The predicted molar refractivity (Wildman–Crippen MR) is 120 cm³/mol. The van der Waals surface area contributed by atoms with E-state index in [4.69, 9.17) is 14.2 Å². The fourth-order valence-corrected chi connectivity index (χ4v) is 3.29. The van der Waals surface area contributed by atoms with Gasteiger partial charge in [0.1, 0.15) is 17.3 Å². The van der Waals surface area contributed by atoms with Gasteiger partial charge in [0.05, 0.1) is 24.7 Å². The summed E-state index contributed by atoms with van der Waals surface area (Å²) in [5.41, 5.74) is 2.90. The smallest absolute Gasteiger partial charge is 0.231 e. The number of ether oxygens (including phenoxy) is 3. The molecule has 0 bridgehead atoms. The average molecular weight is 439 g/mol. The van der Waals surface area contributed by atoms with Crippen LogP contribution in [-0.2, 0) is 0 Å². The van der Waals surface area contributed by atoms with Gasteiger partial charge >= 0.3 is 0 Å². The Kier molecular flexibility index (Phi) is 5.27. The van der Waals surface area contributed by atoms with E-state index in [1.54, 1.807) is 37.7 Å². The van der Waals surface area contributed by atoms with Gasteiger partial charge in [-0.2, -0.15) is 10.2 Å². The Labute approximate surface area is 188 Å². The highest BCUT2D eigenvalue weighted by molar-refractivity contribution is 5.77. The molecular weight excluding hydrogens is 422 g/mol. The molecule has 1 aromatic carbocycles. The highest BCUT2D eigenvalue weighted by Gasteiger charge is 2.21. The van der Waals surface area contributed by atoms with Crippen LogP contribution in [0.15, 0.2) is 61.1 Å². The average Bonchev–Trinajstić information content (AvgIpc) is 3.33. The van der Waals surface area contributed by atoms with Crippen LogP contribution in [0, 0.1) is 11.3 Å². The number of nitriles is 1. The van der Waals surface area contributed by atoms with Gasteiger partial charge in [-0.3, -0.25) is 9.97 Å². The van der Waals surface area contributed by atoms with Gasteiger partial charge in [0.2, 0.25) is 18.5 Å². The molecule has 1 aliphatic heterocycles. The Hall–Kier alpha value is -4.91. The van der Waals surface area contributed by atoms with Crippen LogP contribution in [0.4, 0.5) is 23.1 Å². The molecule has 0 radical (unpaired) electrons. The lowest BCUT2D eigenvalue weighted by Gasteiger charge is -2.13. The molecule has 0 atom stereocenters. The minimum Gasteiger partial charge on any atom is -0.493 e. The Bertz CT molecular complexity index is 1360. The van der Waals surface area contributed by atoms with Crippen molar-refractivity contribution in [2.45, 2.75) is 0 Å². The van der Waals surface area contributed by atoms with Crippen LogP contribution >= 0.6 is 0 Å². The van der Waals surface area contributed by atoms with Gasteiger partial charge in [0.25, 0.3) is 0 Å². The van der Waals surface area contributed by atoms with Crippen molar-refractivity contribution in [3.05, 3.63) is 66.6 Å². The van der Waals surface area contributed by atoms with Gasteiger partial charge in [-0.25, -0.2) is 4.98 Å². The molecule has 4 aromatic rings. The maximum Gasteiger partial charge on any atom is 0.231 e. The van der Waals surface area contributed by atoms with Crippen LogP contribution in [0.2, 0.25) is 0 Å². The molecule has 0 unspecified atom stereocenters. The summed E-state index contributed by atoms with van der Waals surface area (Å²) in [7, 11) is 1.55. The molecule has 33 heavy (non-hydrogen) atoms. The quantitative estimate of drug-likeness (QED) is 0.454. The van der Waals surface area contributed by atoms with E-state index < -0.39 is 0 Å². The third-order valence-electron chi connectivity index (χ3n) is 4.79. The molecular formula is C23H17N7O3. The number of methoxy groups -OCH3 is 1. The second-order valence-electron chi connectivity index (χ2n) is 6.84. The largest absolute Gasteiger partial charge is 0.493 e. The van der Waals surface area contributed by atoms with E-state index in [0.717, 1.165) is 0 Å². The first-order chi connectivity index (χ1) is 16.2. The lowest BCUT2D eigenvalue weighted by atomic mass is 10.2. The third kappa shape index (κ3) is 4.03. The van der Waals surface area contributed by atoms with Gasteiger partial charge < -0.3 is 24.8 Å². The summed E-state index contributed by atoms with van der Waals surface area (Å²) in [5.74, 6) is 2.23. The lowest BCUT2D eigenvalue weighted by molar-refractivity contribution is 0.171. The van der Waals surface area contributed by atoms with Crippen LogP contribution in [0.3, 0.4) is 0 Å². The molecule has 5 rings (SSSR count). The molecule has 3 aromatic heterocycles. The van der Waals surface area contributed by atoms with Gasteiger partial charge in [0.15, 0.2) is 17.3 Å². The summed E-state index contributed by atoms with van der Waals surface area (Å²) in [6.45, 7) is 0.125. The van der Waals surface area contributed by atoms with Crippen molar-refractivity contribution in [3.63, 3.8) is 0 Å². The number of aromatic nitrogens is 4. The number of hydrogen-bond acceptors (Lipinski definition) is 10. The number of benzene rings is 1. The molecule has 0 fully saturated rings. The molecule has 0 aliphatic carbocycles.